The lowest BCUT2D eigenvalue weighted by Gasteiger charge is -2.13. The molecule has 0 radical (unpaired) electrons. The van der Waals surface area contributed by atoms with Gasteiger partial charge in [-0.3, -0.25) is 9.59 Å². The normalized spacial score (nSPS) is 11.8. The van der Waals surface area contributed by atoms with Gasteiger partial charge in [0, 0.05) is 16.7 Å². The maximum Gasteiger partial charge on any atom is 0.279 e. The molecule has 0 aliphatic heterocycles. The van der Waals surface area contributed by atoms with Crippen molar-refractivity contribution in [2.75, 3.05) is 32.0 Å². The van der Waals surface area contributed by atoms with Crippen LogP contribution in [0.15, 0.2) is 28.7 Å². The van der Waals surface area contributed by atoms with Crippen LogP contribution in [0.5, 0.6) is 0 Å². The van der Waals surface area contributed by atoms with Gasteiger partial charge < -0.3 is 15.5 Å². The Hall–Kier alpha value is -1.40. The first-order chi connectivity index (χ1) is 9.51. The Bertz CT molecular complexity index is 448. The highest BCUT2D eigenvalue weighted by atomic mass is 79.9. The van der Waals surface area contributed by atoms with Crippen LogP contribution in [0.1, 0.15) is 13.3 Å². The smallest absolute Gasteiger partial charge is 0.279 e. The number of nitrogens with one attached hydrogen (secondary N) is 3. The van der Waals surface area contributed by atoms with Gasteiger partial charge >= 0.3 is 0 Å². The number of amides is 2. The van der Waals surface area contributed by atoms with E-state index in [-0.39, 0.29) is 18.4 Å². The van der Waals surface area contributed by atoms with Crippen molar-refractivity contribution < 1.29 is 14.5 Å². The molecule has 1 aromatic carbocycles. The Kier molecular flexibility index (Phi) is 7.25. The van der Waals surface area contributed by atoms with Crippen LogP contribution in [0.2, 0.25) is 0 Å². The summed E-state index contributed by atoms with van der Waals surface area (Å²) < 4.78 is 0.964. The second-order valence-corrected chi connectivity index (χ2v) is 5.63. The molecule has 0 aromatic heterocycles. The molecule has 110 valence electrons. The van der Waals surface area contributed by atoms with E-state index >= 15 is 0 Å². The van der Waals surface area contributed by atoms with Crippen LogP contribution < -0.4 is 15.5 Å². The van der Waals surface area contributed by atoms with Crippen molar-refractivity contribution in [3.05, 3.63) is 28.7 Å². The van der Waals surface area contributed by atoms with Gasteiger partial charge in [-0.2, -0.15) is 0 Å². The summed E-state index contributed by atoms with van der Waals surface area (Å²) in [7, 11) is 1.83. The maximum absolute atomic E-state index is 11.8. The number of likely N-dealkylation sites (N-methyl/N-ethyl adjacent to an activating group) is 1. The number of carbonyl (C=O) groups is 2. The standard InChI is InChI=1S/C14H20BrN3O2/c1-3-8-16-13(19)9-18(2)10-14(20)17-12-6-4-11(15)5-7-12/h4-7H,3,8-10H2,1-2H3,(H,16,19)(H,17,20)/p+1. The third-order valence-corrected chi connectivity index (χ3v) is 3.15. The lowest BCUT2D eigenvalue weighted by Crippen LogP contribution is -3.11. The van der Waals surface area contributed by atoms with Crippen molar-refractivity contribution in [3.63, 3.8) is 0 Å². The predicted octanol–water partition coefficient (Wildman–Crippen LogP) is 0.429. The third-order valence-electron chi connectivity index (χ3n) is 2.62. The first kappa shape index (κ1) is 16.7. The molecule has 0 aliphatic carbocycles. The molecule has 0 bridgehead atoms. The van der Waals surface area contributed by atoms with Gasteiger partial charge in [-0.1, -0.05) is 22.9 Å². The van der Waals surface area contributed by atoms with Crippen LogP contribution in [-0.2, 0) is 9.59 Å². The minimum atomic E-state index is -0.104. The van der Waals surface area contributed by atoms with Crippen LogP contribution in [0, 0.1) is 0 Å². The van der Waals surface area contributed by atoms with E-state index in [1.807, 2.05) is 38.2 Å². The number of hydrogen-bond acceptors (Lipinski definition) is 2. The van der Waals surface area contributed by atoms with Gasteiger partial charge in [-0.05, 0) is 30.7 Å². The van der Waals surface area contributed by atoms with E-state index in [0.29, 0.717) is 13.1 Å². The number of anilines is 1. The molecule has 0 saturated heterocycles. The number of carbonyl (C=O) groups excluding carboxylic acids is 2. The number of halogens is 1. The van der Waals surface area contributed by atoms with Crippen LogP contribution >= 0.6 is 15.9 Å². The fourth-order valence-electron chi connectivity index (χ4n) is 1.68. The SMILES string of the molecule is CCCNC(=O)C[NH+](C)CC(=O)Nc1ccc(Br)cc1. The minimum Gasteiger partial charge on any atom is -0.351 e. The second-order valence-electron chi connectivity index (χ2n) is 4.72. The van der Waals surface area contributed by atoms with Crippen molar-refractivity contribution in [1.29, 1.82) is 0 Å². The first-order valence-electron chi connectivity index (χ1n) is 6.64. The summed E-state index contributed by atoms with van der Waals surface area (Å²) >= 11 is 3.34. The number of quaternary nitrogens is 1. The lowest BCUT2D eigenvalue weighted by atomic mass is 10.3. The molecule has 1 aromatic rings. The Balaban J connectivity index is 2.34. The predicted molar refractivity (Wildman–Crippen MR) is 82.7 cm³/mol. The molecule has 0 spiro atoms. The molecule has 3 N–H and O–H groups in total. The minimum absolute atomic E-state index is 0.0270. The summed E-state index contributed by atoms with van der Waals surface area (Å²) in [6.07, 6.45) is 0.912. The van der Waals surface area contributed by atoms with Crippen LogP contribution in [-0.4, -0.2) is 38.5 Å². The zero-order valence-corrected chi connectivity index (χ0v) is 13.4. The van der Waals surface area contributed by atoms with Crippen LogP contribution in [0.4, 0.5) is 5.69 Å². The molecule has 0 aliphatic rings. The van der Waals surface area contributed by atoms with Crippen molar-refractivity contribution >= 4 is 33.4 Å². The van der Waals surface area contributed by atoms with Gasteiger partial charge in [-0.25, -0.2) is 0 Å². The van der Waals surface area contributed by atoms with E-state index in [0.717, 1.165) is 21.5 Å². The first-order valence-corrected chi connectivity index (χ1v) is 7.44. The maximum atomic E-state index is 11.8. The molecule has 5 nitrogen and oxygen atoms in total. The number of hydrogen-bond donors (Lipinski definition) is 3. The van der Waals surface area contributed by atoms with Crippen molar-refractivity contribution in [2.24, 2.45) is 0 Å². The van der Waals surface area contributed by atoms with Crippen LogP contribution in [0.3, 0.4) is 0 Å². The highest BCUT2D eigenvalue weighted by molar-refractivity contribution is 9.10. The topological polar surface area (TPSA) is 62.6 Å². The molecule has 0 heterocycles. The Labute approximate surface area is 127 Å². The average Bonchev–Trinajstić information content (AvgIpc) is 2.38. The molecular formula is C14H21BrN3O2+. The monoisotopic (exact) mass is 342 g/mol. The Morgan fingerprint density at radius 3 is 2.35 bits per heavy atom. The summed E-state index contributed by atoms with van der Waals surface area (Å²) in [4.78, 5) is 24.2. The van der Waals surface area contributed by atoms with Gasteiger partial charge in [0.25, 0.3) is 11.8 Å². The summed E-state index contributed by atoms with van der Waals surface area (Å²) in [6, 6.07) is 7.38. The molecule has 1 atom stereocenters. The largest absolute Gasteiger partial charge is 0.351 e. The molecule has 1 unspecified atom stereocenters. The molecule has 1 rings (SSSR count). The van der Waals surface area contributed by atoms with E-state index < -0.39 is 0 Å². The number of benzene rings is 1. The van der Waals surface area contributed by atoms with Crippen molar-refractivity contribution in [2.45, 2.75) is 13.3 Å². The van der Waals surface area contributed by atoms with Gasteiger partial charge in [0.05, 0.1) is 7.05 Å². The molecule has 6 heteroatoms. The van der Waals surface area contributed by atoms with Crippen molar-refractivity contribution in [3.8, 4) is 0 Å². The summed E-state index contributed by atoms with van der Waals surface area (Å²) in [5.74, 6) is -0.131. The lowest BCUT2D eigenvalue weighted by molar-refractivity contribution is -0.862. The zero-order chi connectivity index (χ0) is 15.0. The molecule has 0 saturated carbocycles. The Morgan fingerprint density at radius 2 is 1.75 bits per heavy atom. The Morgan fingerprint density at radius 1 is 1.15 bits per heavy atom. The molecule has 20 heavy (non-hydrogen) atoms. The van der Waals surface area contributed by atoms with E-state index in [9.17, 15) is 9.59 Å². The molecule has 2 amide bonds. The quantitative estimate of drug-likeness (QED) is 0.672. The zero-order valence-electron chi connectivity index (χ0n) is 11.8. The van der Waals surface area contributed by atoms with Gasteiger partial charge in [-0.15, -0.1) is 0 Å². The molecule has 0 fully saturated rings. The third kappa shape index (κ3) is 6.68. The summed E-state index contributed by atoms with van der Waals surface area (Å²) in [5, 5.41) is 5.60. The van der Waals surface area contributed by atoms with E-state index in [1.165, 1.54) is 0 Å². The average molecular weight is 343 g/mol. The highest BCUT2D eigenvalue weighted by Gasteiger charge is 2.13. The summed E-state index contributed by atoms with van der Waals surface area (Å²) in [5.41, 5.74) is 0.751. The molecular weight excluding hydrogens is 322 g/mol. The number of rotatable bonds is 7. The summed E-state index contributed by atoms with van der Waals surface area (Å²) in [6.45, 7) is 3.24. The van der Waals surface area contributed by atoms with E-state index in [1.54, 1.807) is 0 Å². The van der Waals surface area contributed by atoms with Crippen molar-refractivity contribution in [1.82, 2.24) is 5.32 Å². The fraction of sp³-hybridized carbons (Fsp3) is 0.429. The fourth-order valence-corrected chi connectivity index (χ4v) is 1.94. The van der Waals surface area contributed by atoms with Gasteiger partial charge in [0.15, 0.2) is 13.1 Å². The van der Waals surface area contributed by atoms with E-state index in [2.05, 4.69) is 26.6 Å². The van der Waals surface area contributed by atoms with Gasteiger partial charge in [0.2, 0.25) is 0 Å². The second kappa shape index (κ2) is 8.71. The van der Waals surface area contributed by atoms with Crippen LogP contribution in [0.25, 0.3) is 0 Å². The van der Waals surface area contributed by atoms with Gasteiger partial charge in [0.1, 0.15) is 0 Å². The highest BCUT2D eigenvalue weighted by Crippen LogP contribution is 2.13. The van der Waals surface area contributed by atoms with E-state index in [4.69, 9.17) is 0 Å².